The standard InChI is InChI=1S/C26H33IN4O8/c1-4-6-7-8-13-29(3)25(35)30-16-19(39-23(33)17-9-11-18(12-10-17)31(36)37)14-20(30)22(32)28-26(15-21(26)27)24(34)38-5-2/h4,9-12,19-21H,1,5-8,13-16H2,2-3H3,(H,28,32)/t19-,20-,21+,26+/m0/s1. The van der Waals surface area contributed by atoms with Crippen LogP contribution in [0, 0.1) is 10.1 Å². The summed E-state index contributed by atoms with van der Waals surface area (Å²) in [5.74, 6) is -1.77. The average Bonchev–Trinajstić information content (AvgIpc) is 3.37. The van der Waals surface area contributed by atoms with Crippen LogP contribution >= 0.6 is 22.6 Å². The molecule has 4 atom stereocenters. The second-order valence-electron chi connectivity index (χ2n) is 9.58. The molecule has 1 saturated heterocycles. The maximum absolute atomic E-state index is 13.4. The highest BCUT2D eigenvalue weighted by Gasteiger charge is 2.62. The van der Waals surface area contributed by atoms with Crippen LogP contribution in [0.1, 0.15) is 49.4 Å². The minimum Gasteiger partial charge on any atom is -0.464 e. The van der Waals surface area contributed by atoms with Gasteiger partial charge in [-0.15, -0.1) is 6.58 Å². The first-order valence-electron chi connectivity index (χ1n) is 12.8. The summed E-state index contributed by atoms with van der Waals surface area (Å²) in [4.78, 5) is 65.3. The van der Waals surface area contributed by atoms with Crippen molar-refractivity contribution in [3.8, 4) is 0 Å². The number of ether oxygens (including phenoxy) is 2. The lowest BCUT2D eigenvalue weighted by atomic mass is 10.1. The van der Waals surface area contributed by atoms with Crippen LogP contribution in [0.15, 0.2) is 36.9 Å². The lowest BCUT2D eigenvalue weighted by Crippen LogP contribution is -2.55. The Hall–Kier alpha value is -3.23. The number of unbranched alkanes of at least 4 members (excludes halogenated alkanes) is 2. The van der Waals surface area contributed by atoms with Crippen molar-refractivity contribution >= 4 is 52.2 Å². The molecule has 0 spiro atoms. The van der Waals surface area contributed by atoms with Crippen LogP contribution in [0.4, 0.5) is 10.5 Å². The van der Waals surface area contributed by atoms with E-state index in [9.17, 15) is 29.3 Å². The van der Waals surface area contributed by atoms with Gasteiger partial charge in [0, 0.05) is 36.1 Å². The fourth-order valence-electron chi connectivity index (χ4n) is 4.41. The van der Waals surface area contributed by atoms with Gasteiger partial charge in [0.1, 0.15) is 12.1 Å². The molecule has 3 amide bonds. The summed E-state index contributed by atoms with van der Waals surface area (Å²) >= 11 is 2.08. The number of nitrogens with one attached hydrogen (secondary N) is 1. The Bertz CT molecular complexity index is 1110. The van der Waals surface area contributed by atoms with Gasteiger partial charge in [-0.2, -0.15) is 0 Å². The number of likely N-dealkylation sites (tertiary alicyclic amines) is 1. The number of alkyl halides is 1. The van der Waals surface area contributed by atoms with E-state index in [2.05, 4.69) is 34.5 Å². The van der Waals surface area contributed by atoms with Gasteiger partial charge in [0.05, 0.1) is 23.6 Å². The predicted molar refractivity (Wildman–Crippen MR) is 149 cm³/mol. The molecule has 1 aliphatic carbocycles. The van der Waals surface area contributed by atoms with Gasteiger partial charge in [-0.25, -0.2) is 14.4 Å². The highest BCUT2D eigenvalue weighted by atomic mass is 127. The van der Waals surface area contributed by atoms with Crippen molar-refractivity contribution < 1.29 is 33.6 Å². The molecule has 1 N–H and O–H groups in total. The summed E-state index contributed by atoms with van der Waals surface area (Å²) < 4.78 is 10.6. The first-order valence-corrected chi connectivity index (χ1v) is 14.0. The number of nitro groups is 1. The Morgan fingerprint density at radius 2 is 1.95 bits per heavy atom. The minimum atomic E-state index is -1.15. The van der Waals surface area contributed by atoms with Gasteiger partial charge in [0.25, 0.3) is 5.69 Å². The van der Waals surface area contributed by atoms with Crippen LogP contribution in [0.5, 0.6) is 0 Å². The van der Waals surface area contributed by atoms with E-state index in [0.29, 0.717) is 13.0 Å². The van der Waals surface area contributed by atoms with Crippen LogP contribution in [0.25, 0.3) is 0 Å². The van der Waals surface area contributed by atoms with Crippen molar-refractivity contribution in [1.29, 1.82) is 0 Å². The van der Waals surface area contributed by atoms with E-state index in [4.69, 9.17) is 9.47 Å². The van der Waals surface area contributed by atoms with Gasteiger partial charge in [-0.3, -0.25) is 14.9 Å². The molecule has 2 aliphatic rings. The van der Waals surface area contributed by atoms with E-state index in [1.165, 1.54) is 34.1 Å². The quantitative estimate of drug-likeness (QED) is 0.0686. The van der Waals surface area contributed by atoms with Crippen molar-refractivity contribution in [2.75, 3.05) is 26.7 Å². The van der Waals surface area contributed by atoms with Crippen molar-refractivity contribution in [3.05, 3.63) is 52.6 Å². The molecular weight excluding hydrogens is 623 g/mol. The van der Waals surface area contributed by atoms with E-state index in [0.717, 1.165) is 19.3 Å². The number of hydrogen-bond donors (Lipinski definition) is 1. The van der Waals surface area contributed by atoms with Crippen molar-refractivity contribution in [2.45, 2.75) is 60.6 Å². The number of nitro benzene ring substituents is 1. The summed E-state index contributed by atoms with van der Waals surface area (Å²) in [5, 5.41) is 13.7. The SMILES string of the molecule is C=CCCCCN(C)C(=O)N1C[C@@H](OC(=O)c2ccc([N+](=O)[O-])cc2)C[C@H]1C(=O)N[C@]1(C(=O)OCC)C[C@H]1I. The van der Waals surface area contributed by atoms with E-state index < -0.39 is 46.5 Å². The molecule has 0 radical (unpaired) electrons. The fraction of sp³-hybridized carbons (Fsp3) is 0.538. The Balaban J connectivity index is 1.74. The number of hydrogen-bond acceptors (Lipinski definition) is 8. The highest BCUT2D eigenvalue weighted by Crippen LogP contribution is 2.44. The zero-order valence-corrected chi connectivity index (χ0v) is 24.1. The molecule has 3 rings (SSSR count). The molecule has 39 heavy (non-hydrogen) atoms. The van der Waals surface area contributed by atoms with Crippen LogP contribution < -0.4 is 5.32 Å². The minimum absolute atomic E-state index is 0.0211. The molecule has 1 heterocycles. The average molecular weight is 656 g/mol. The van der Waals surface area contributed by atoms with Crippen LogP contribution in [0.2, 0.25) is 0 Å². The van der Waals surface area contributed by atoms with E-state index >= 15 is 0 Å². The summed E-state index contributed by atoms with van der Waals surface area (Å²) in [6.45, 7) is 6.00. The third-order valence-corrected chi connectivity index (χ3v) is 8.24. The number of allylic oxidation sites excluding steroid dienone is 1. The van der Waals surface area contributed by atoms with E-state index in [1.807, 2.05) is 6.08 Å². The van der Waals surface area contributed by atoms with Crippen LogP contribution in [0.3, 0.4) is 0 Å². The lowest BCUT2D eigenvalue weighted by Gasteiger charge is -2.29. The number of urea groups is 1. The number of amides is 3. The summed E-state index contributed by atoms with van der Waals surface area (Å²) in [7, 11) is 1.64. The van der Waals surface area contributed by atoms with E-state index in [1.54, 1.807) is 14.0 Å². The number of carbonyl (C=O) groups is 4. The number of benzene rings is 1. The summed E-state index contributed by atoms with van der Waals surface area (Å²) in [6.07, 6.45) is 3.90. The largest absolute Gasteiger partial charge is 0.464 e. The first-order chi connectivity index (χ1) is 18.5. The molecule has 0 aromatic heterocycles. The number of halogens is 1. The smallest absolute Gasteiger partial charge is 0.338 e. The van der Waals surface area contributed by atoms with Gasteiger partial charge in [0.2, 0.25) is 5.91 Å². The highest BCUT2D eigenvalue weighted by molar-refractivity contribution is 14.1. The van der Waals surface area contributed by atoms with Gasteiger partial charge < -0.3 is 24.6 Å². The van der Waals surface area contributed by atoms with Crippen molar-refractivity contribution in [3.63, 3.8) is 0 Å². The van der Waals surface area contributed by atoms with Gasteiger partial charge in [-0.05, 0) is 44.7 Å². The van der Waals surface area contributed by atoms with E-state index in [-0.39, 0.29) is 34.7 Å². The molecule has 0 bridgehead atoms. The fourth-order valence-corrected chi connectivity index (χ4v) is 5.52. The van der Waals surface area contributed by atoms with Crippen molar-refractivity contribution in [2.24, 2.45) is 0 Å². The van der Waals surface area contributed by atoms with Crippen LogP contribution in [-0.2, 0) is 19.1 Å². The second-order valence-corrected chi connectivity index (χ2v) is 11.1. The maximum Gasteiger partial charge on any atom is 0.338 e. The Labute approximate surface area is 240 Å². The topological polar surface area (TPSA) is 148 Å². The molecule has 12 nitrogen and oxygen atoms in total. The third-order valence-electron chi connectivity index (χ3n) is 6.74. The van der Waals surface area contributed by atoms with Gasteiger partial charge in [-0.1, -0.05) is 28.7 Å². The zero-order valence-electron chi connectivity index (χ0n) is 22.0. The zero-order chi connectivity index (χ0) is 28.7. The Kier molecular flexibility index (Phi) is 10.3. The second kappa shape index (κ2) is 13.2. The molecule has 1 saturated carbocycles. The van der Waals surface area contributed by atoms with Crippen molar-refractivity contribution in [1.82, 2.24) is 15.1 Å². The van der Waals surface area contributed by atoms with Crippen LogP contribution in [-0.4, -0.2) is 87.0 Å². The van der Waals surface area contributed by atoms with Gasteiger partial charge >= 0.3 is 18.0 Å². The molecule has 1 aromatic carbocycles. The number of esters is 2. The number of rotatable bonds is 12. The Morgan fingerprint density at radius 1 is 1.28 bits per heavy atom. The molecule has 0 unspecified atom stereocenters. The molecule has 1 aliphatic heterocycles. The Morgan fingerprint density at radius 3 is 2.51 bits per heavy atom. The summed E-state index contributed by atoms with van der Waals surface area (Å²) in [5.41, 5.74) is -1.20. The molecule has 212 valence electrons. The molecule has 2 fully saturated rings. The van der Waals surface area contributed by atoms with Gasteiger partial charge in [0.15, 0.2) is 5.54 Å². The first kappa shape index (κ1) is 30.3. The molecule has 13 heteroatoms. The monoisotopic (exact) mass is 656 g/mol. The molecule has 1 aromatic rings. The number of nitrogens with zero attached hydrogens (tertiary/aromatic N) is 3. The lowest BCUT2D eigenvalue weighted by molar-refractivity contribution is -0.384. The predicted octanol–water partition coefficient (Wildman–Crippen LogP) is 3.23. The number of non-ortho nitro benzene ring substituents is 1. The summed E-state index contributed by atoms with van der Waals surface area (Å²) in [6, 6.07) is 3.60. The molecular formula is C26H33IN4O8. The normalized spacial score (nSPS) is 23.5. The third kappa shape index (κ3) is 7.25. The number of carbonyl (C=O) groups excluding carboxylic acids is 4. The maximum atomic E-state index is 13.4.